The van der Waals surface area contributed by atoms with Crippen LogP contribution in [-0.4, -0.2) is 49.4 Å². The van der Waals surface area contributed by atoms with E-state index in [9.17, 15) is 4.79 Å². The highest BCUT2D eigenvalue weighted by Crippen LogP contribution is 2.24. The van der Waals surface area contributed by atoms with E-state index in [-0.39, 0.29) is 12.5 Å². The van der Waals surface area contributed by atoms with Gasteiger partial charge in [-0.2, -0.15) is 11.8 Å². The lowest BCUT2D eigenvalue weighted by atomic mass is 10.3. The summed E-state index contributed by atoms with van der Waals surface area (Å²) in [6, 6.07) is 0. The van der Waals surface area contributed by atoms with Crippen molar-refractivity contribution in [3.63, 3.8) is 0 Å². The van der Waals surface area contributed by atoms with Gasteiger partial charge in [-0.05, 0) is 0 Å². The average molecular weight is 269 g/mol. The van der Waals surface area contributed by atoms with E-state index in [4.69, 9.17) is 5.73 Å². The highest BCUT2D eigenvalue weighted by molar-refractivity contribution is 8.00. The minimum atomic E-state index is 0.0995. The van der Waals surface area contributed by atoms with E-state index in [0.29, 0.717) is 22.7 Å². The zero-order valence-corrected chi connectivity index (χ0v) is 11.6. The van der Waals surface area contributed by atoms with Crippen LogP contribution in [0.1, 0.15) is 19.5 Å². The van der Waals surface area contributed by atoms with E-state index < -0.39 is 0 Å². The molecule has 7 heteroatoms. The van der Waals surface area contributed by atoms with Gasteiger partial charge in [0.25, 0.3) is 0 Å². The molecule has 0 bridgehead atoms. The van der Waals surface area contributed by atoms with E-state index in [1.54, 1.807) is 10.9 Å². The molecule has 0 aromatic carbocycles. The predicted molar refractivity (Wildman–Crippen MR) is 71.0 cm³/mol. The van der Waals surface area contributed by atoms with Crippen molar-refractivity contribution in [1.82, 2.24) is 19.9 Å². The molecule has 1 aliphatic rings. The number of amides is 1. The molecule has 1 aromatic rings. The van der Waals surface area contributed by atoms with Gasteiger partial charge in [-0.1, -0.05) is 19.1 Å². The van der Waals surface area contributed by atoms with Gasteiger partial charge in [0.15, 0.2) is 0 Å². The zero-order chi connectivity index (χ0) is 13.1. The molecule has 0 saturated carbocycles. The molecule has 2 rings (SSSR count). The van der Waals surface area contributed by atoms with Crippen molar-refractivity contribution < 1.29 is 4.79 Å². The van der Waals surface area contributed by atoms with Crippen LogP contribution in [0, 0.1) is 0 Å². The summed E-state index contributed by atoms with van der Waals surface area (Å²) in [6.07, 6.45) is 1.73. The standard InChI is InChI=1S/C11H19N5OS/c1-8-4-15(5-9(2)18-8)11(17)7-16-6-10(3-12)13-14-16/h6,8-9H,3-5,7,12H2,1-2H3. The van der Waals surface area contributed by atoms with E-state index in [1.165, 1.54) is 0 Å². The number of hydrogen-bond acceptors (Lipinski definition) is 5. The second-order valence-electron chi connectivity index (χ2n) is 4.67. The maximum atomic E-state index is 12.2. The van der Waals surface area contributed by atoms with Gasteiger partial charge in [0.05, 0.1) is 11.9 Å². The lowest BCUT2D eigenvalue weighted by Gasteiger charge is -2.34. The first-order valence-corrected chi connectivity index (χ1v) is 7.05. The summed E-state index contributed by atoms with van der Waals surface area (Å²) in [6.45, 7) is 6.53. The summed E-state index contributed by atoms with van der Waals surface area (Å²) in [5, 5.41) is 8.76. The summed E-state index contributed by atoms with van der Waals surface area (Å²) in [5.41, 5.74) is 6.17. The number of thioether (sulfide) groups is 1. The average Bonchev–Trinajstić information content (AvgIpc) is 2.75. The molecule has 1 aliphatic heterocycles. The maximum Gasteiger partial charge on any atom is 0.244 e. The van der Waals surface area contributed by atoms with E-state index in [1.807, 2.05) is 16.7 Å². The van der Waals surface area contributed by atoms with Crippen LogP contribution < -0.4 is 5.73 Å². The van der Waals surface area contributed by atoms with Crippen molar-refractivity contribution in [2.24, 2.45) is 5.73 Å². The fourth-order valence-electron chi connectivity index (χ4n) is 2.13. The number of nitrogens with two attached hydrogens (primary N) is 1. The predicted octanol–water partition coefficient (Wildman–Crippen LogP) is 0.0892. The molecule has 2 heterocycles. The normalized spacial score (nSPS) is 24.3. The van der Waals surface area contributed by atoms with Crippen LogP contribution in [0.5, 0.6) is 0 Å². The summed E-state index contributed by atoms with van der Waals surface area (Å²) < 4.78 is 1.56. The molecular weight excluding hydrogens is 250 g/mol. The van der Waals surface area contributed by atoms with Crippen molar-refractivity contribution in [3.8, 4) is 0 Å². The fraction of sp³-hybridized carbons (Fsp3) is 0.727. The van der Waals surface area contributed by atoms with Gasteiger partial charge in [0.1, 0.15) is 6.54 Å². The molecule has 100 valence electrons. The number of nitrogens with zero attached hydrogens (tertiary/aromatic N) is 4. The molecule has 0 spiro atoms. The Balaban J connectivity index is 1.94. The molecule has 2 unspecified atom stereocenters. The number of carbonyl (C=O) groups is 1. The van der Waals surface area contributed by atoms with Gasteiger partial charge in [-0.25, -0.2) is 4.68 Å². The van der Waals surface area contributed by atoms with Crippen molar-refractivity contribution >= 4 is 17.7 Å². The van der Waals surface area contributed by atoms with Gasteiger partial charge in [0.2, 0.25) is 5.91 Å². The Morgan fingerprint density at radius 3 is 2.72 bits per heavy atom. The third kappa shape index (κ3) is 3.23. The molecule has 1 amide bonds. The smallest absolute Gasteiger partial charge is 0.244 e. The van der Waals surface area contributed by atoms with Gasteiger partial charge in [-0.15, -0.1) is 5.10 Å². The van der Waals surface area contributed by atoms with E-state index >= 15 is 0 Å². The lowest BCUT2D eigenvalue weighted by molar-refractivity contribution is -0.132. The third-order valence-corrected chi connectivity index (χ3v) is 4.09. The molecule has 0 radical (unpaired) electrons. The number of rotatable bonds is 3. The zero-order valence-electron chi connectivity index (χ0n) is 10.7. The molecule has 18 heavy (non-hydrogen) atoms. The first kappa shape index (κ1) is 13.4. The summed E-state index contributed by atoms with van der Waals surface area (Å²) in [4.78, 5) is 14.1. The second-order valence-corrected chi connectivity index (χ2v) is 6.55. The van der Waals surface area contributed by atoms with Crippen molar-refractivity contribution in [2.75, 3.05) is 13.1 Å². The van der Waals surface area contributed by atoms with Crippen LogP contribution in [-0.2, 0) is 17.9 Å². The van der Waals surface area contributed by atoms with Gasteiger partial charge in [-0.3, -0.25) is 4.79 Å². The molecule has 0 aliphatic carbocycles. The van der Waals surface area contributed by atoms with E-state index in [2.05, 4.69) is 24.2 Å². The Morgan fingerprint density at radius 1 is 1.50 bits per heavy atom. The number of hydrogen-bond donors (Lipinski definition) is 1. The molecule has 2 atom stereocenters. The quantitative estimate of drug-likeness (QED) is 0.841. The minimum absolute atomic E-state index is 0.0995. The van der Waals surface area contributed by atoms with Crippen LogP contribution in [0.4, 0.5) is 0 Å². The number of carbonyl (C=O) groups excluding carboxylic acids is 1. The molecule has 2 N–H and O–H groups in total. The van der Waals surface area contributed by atoms with Crippen LogP contribution in [0.15, 0.2) is 6.20 Å². The van der Waals surface area contributed by atoms with Crippen LogP contribution >= 0.6 is 11.8 Å². The molecule has 1 aromatic heterocycles. The Morgan fingerprint density at radius 2 is 2.17 bits per heavy atom. The lowest BCUT2D eigenvalue weighted by Crippen LogP contribution is -2.45. The SMILES string of the molecule is CC1CN(C(=O)Cn2cc(CN)nn2)CC(C)S1. The van der Waals surface area contributed by atoms with Gasteiger partial charge < -0.3 is 10.6 Å². The molecule has 6 nitrogen and oxygen atoms in total. The van der Waals surface area contributed by atoms with Crippen molar-refractivity contribution in [1.29, 1.82) is 0 Å². The van der Waals surface area contributed by atoms with Crippen LogP contribution in [0.25, 0.3) is 0 Å². The summed E-state index contributed by atoms with van der Waals surface area (Å²) >= 11 is 1.93. The van der Waals surface area contributed by atoms with Gasteiger partial charge in [0, 0.05) is 30.1 Å². The molecular formula is C11H19N5OS. The maximum absolute atomic E-state index is 12.2. The Labute approximate surface area is 111 Å². The van der Waals surface area contributed by atoms with Crippen molar-refractivity contribution in [3.05, 3.63) is 11.9 Å². The summed E-state index contributed by atoms with van der Waals surface area (Å²) in [7, 11) is 0. The van der Waals surface area contributed by atoms with Gasteiger partial charge >= 0.3 is 0 Å². The highest BCUT2D eigenvalue weighted by Gasteiger charge is 2.25. The Hall–Kier alpha value is -1.08. The fourth-order valence-corrected chi connectivity index (χ4v) is 3.45. The molecule has 1 fully saturated rings. The Kier molecular flexibility index (Phi) is 4.23. The first-order valence-electron chi connectivity index (χ1n) is 6.10. The highest BCUT2D eigenvalue weighted by atomic mass is 32.2. The molecule has 1 saturated heterocycles. The number of aromatic nitrogens is 3. The van der Waals surface area contributed by atoms with Crippen LogP contribution in [0.3, 0.4) is 0 Å². The van der Waals surface area contributed by atoms with E-state index in [0.717, 1.165) is 13.1 Å². The monoisotopic (exact) mass is 269 g/mol. The van der Waals surface area contributed by atoms with Crippen LogP contribution in [0.2, 0.25) is 0 Å². The summed E-state index contributed by atoms with van der Waals surface area (Å²) in [5.74, 6) is 0.0995. The Bertz CT molecular complexity index is 411. The third-order valence-electron chi connectivity index (χ3n) is 2.86. The first-order chi connectivity index (χ1) is 8.58. The minimum Gasteiger partial charge on any atom is -0.339 e. The second kappa shape index (κ2) is 5.71. The van der Waals surface area contributed by atoms with Crippen molar-refractivity contribution in [2.45, 2.75) is 37.4 Å². The topological polar surface area (TPSA) is 77.0 Å². The largest absolute Gasteiger partial charge is 0.339 e.